The molecule has 0 fully saturated rings. The summed E-state index contributed by atoms with van der Waals surface area (Å²) in [4.78, 5) is 4.08. The molecule has 0 aliphatic heterocycles. The minimum atomic E-state index is -4.75. The smallest absolute Gasteiger partial charge is 0.406 e. The largest absolute Gasteiger partial charge is 0.573 e. The van der Waals surface area contributed by atoms with Crippen LogP contribution in [-0.2, 0) is 0 Å². The molecule has 0 bridgehead atoms. The molecule has 1 aromatic carbocycles. The summed E-state index contributed by atoms with van der Waals surface area (Å²) >= 11 is 0. The third-order valence-corrected chi connectivity index (χ3v) is 2.42. The number of nitrogens with one attached hydrogen (secondary N) is 1. The predicted octanol–water partition coefficient (Wildman–Crippen LogP) is 2.97. The van der Waals surface area contributed by atoms with Crippen LogP contribution in [-0.4, -0.2) is 18.4 Å². The number of alkyl halides is 3. The maximum atomic E-state index is 12.1. The maximum absolute atomic E-state index is 12.1. The van der Waals surface area contributed by atoms with E-state index in [1.54, 1.807) is 0 Å². The molecule has 3 N–H and O–H groups in total. The molecular weight excluding hydrogens is 283 g/mol. The third-order valence-electron chi connectivity index (χ3n) is 2.42. The van der Waals surface area contributed by atoms with Crippen molar-refractivity contribution in [2.75, 3.05) is 5.32 Å². The predicted molar refractivity (Wildman–Crippen MR) is 75.8 cm³/mol. The Kier molecular flexibility index (Phi) is 5.47. The summed E-state index contributed by atoms with van der Waals surface area (Å²) in [6.45, 7) is 3.78. The van der Waals surface area contributed by atoms with E-state index >= 15 is 0 Å². The van der Waals surface area contributed by atoms with Gasteiger partial charge >= 0.3 is 6.36 Å². The van der Waals surface area contributed by atoms with Gasteiger partial charge in [0.05, 0.1) is 0 Å². The second-order valence-corrected chi connectivity index (χ2v) is 4.57. The van der Waals surface area contributed by atoms with Gasteiger partial charge in [0.2, 0.25) is 0 Å². The van der Waals surface area contributed by atoms with Crippen molar-refractivity contribution in [3.8, 4) is 18.1 Å². The first-order chi connectivity index (χ1) is 9.71. The van der Waals surface area contributed by atoms with Gasteiger partial charge in [0.15, 0.2) is 5.96 Å². The van der Waals surface area contributed by atoms with E-state index in [2.05, 4.69) is 21.0 Å². The highest BCUT2D eigenvalue weighted by atomic mass is 19.4. The molecule has 0 saturated heterocycles. The molecule has 114 valence electrons. The van der Waals surface area contributed by atoms with E-state index in [1.807, 2.05) is 13.8 Å². The minimum absolute atomic E-state index is 0.0239. The summed E-state index contributed by atoms with van der Waals surface area (Å²) in [6, 6.07) is 4.87. The highest BCUT2D eigenvalue weighted by molar-refractivity contribution is 5.92. The lowest BCUT2D eigenvalue weighted by molar-refractivity contribution is -0.274. The summed E-state index contributed by atoms with van der Waals surface area (Å²) in [5.41, 5.74) is 5.99. The molecule has 21 heavy (non-hydrogen) atoms. The van der Waals surface area contributed by atoms with Crippen LogP contribution < -0.4 is 15.8 Å². The van der Waals surface area contributed by atoms with Crippen LogP contribution in [0.25, 0.3) is 0 Å². The van der Waals surface area contributed by atoms with Gasteiger partial charge in [0, 0.05) is 11.8 Å². The first-order valence-electron chi connectivity index (χ1n) is 6.13. The van der Waals surface area contributed by atoms with Crippen molar-refractivity contribution in [1.82, 2.24) is 0 Å². The SMILES string of the molecule is C#CC(N=C(N)Nc1cccc(OC(F)(F)F)c1)C(C)C. The van der Waals surface area contributed by atoms with Gasteiger partial charge in [0.1, 0.15) is 11.8 Å². The Morgan fingerprint density at radius 1 is 1.43 bits per heavy atom. The second-order valence-electron chi connectivity index (χ2n) is 4.57. The molecule has 0 saturated carbocycles. The fraction of sp³-hybridized carbons (Fsp3) is 0.357. The molecule has 1 atom stereocenters. The minimum Gasteiger partial charge on any atom is -0.406 e. The molecule has 0 radical (unpaired) electrons. The van der Waals surface area contributed by atoms with Crippen molar-refractivity contribution in [2.24, 2.45) is 16.6 Å². The summed E-state index contributed by atoms with van der Waals surface area (Å²) < 4.78 is 40.2. The normalized spacial score (nSPS) is 13.7. The number of hydrogen-bond acceptors (Lipinski definition) is 2. The first-order valence-corrected chi connectivity index (χ1v) is 6.13. The molecule has 0 aliphatic rings. The van der Waals surface area contributed by atoms with E-state index in [0.29, 0.717) is 5.69 Å². The molecule has 4 nitrogen and oxygen atoms in total. The van der Waals surface area contributed by atoms with Crippen molar-refractivity contribution in [2.45, 2.75) is 26.3 Å². The number of guanidine groups is 1. The topological polar surface area (TPSA) is 59.6 Å². The van der Waals surface area contributed by atoms with Gasteiger partial charge in [0.25, 0.3) is 0 Å². The highest BCUT2D eigenvalue weighted by Crippen LogP contribution is 2.24. The summed E-state index contributed by atoms with van der Waals surface area (Å²) in [7, 11) is 0. The lowest BCUT2D eigenvalue weighted by Crippen LogP contribution is -2.26. The molecule has 0 heterocycles. The molecule has 0 aliphatic carbocycles. The number of ether oxygens (including phenoxy) is 1. The number of terminal acetylenes is 1. The van der Waals surface area contributed by atoms with Gasteiger partial charge < -0.3 is 15.8 Å². The van der Waals surface area contributed by atoms with Crippen LogP contribution >= 0.6 is 0 Å². The van der Waals surface area contributed by atoms with Crippen molar-refractivity contribution in [3.05, 3.63) is 24.3 Å². The van der Waals surface area contributed by atoms with Gasteiger partial charge in [-0.1, -0.05) is 25.8 Å². The Morgan fingerprint density at radius 3 is 2.62 bits per heavy atom. The monoisotopic (exact) mass is 299 g/mol. The number of nitrogens with two attached hydrogens (primary N) is 1. The molecule has 0 aromatic heterocycles. The summed E-state index contributed by atoms with van der Waals surface area (Å²) in [5.74, 6) is 2.25. The van der Waals surface area contributed by atoms with Gasteiger partial charge in [-0.3, -0.25) is 0 Å². The fourth-order valence-corrected chi connectivity index (χ4v) is 1.48. The lowest BCUT2D eigenvalue weighted by atomic mass is 10.1. The molecule has 1 aromatic rings. The van der Waals surface area contributed by atoms with Gasteiger partial charge in [-0.25, -0.2) is 4.99 Å². The molecule has 1 rings (SSSR count). The van der Waals surface area contributed by atoms with Crippen LogP contribution in [0.5, 0.6) is 5.75 Å². The Bertz CT molecular complexity index is 547. The van der Waals surface area contributed by atoms with E-state index in [9.17, 15) is 13.2 Å². The van der Waals surface area contributed by atoms with Gasteiger partial charge in [-0.2, -0.15) is 0 Å². The second kappa shape index (κ2) is 6.88. The Hall–Kier alpha value is -2.36. The van der Waals surface area contributed by atoms with Crippen molar-refractivity contribution in [1.29, 1.82) is 0 Å². The highest BCUT2D eigenvalue weighted by Gasteiger charge is 2.31. The summed E-state index contributed by atoms with van der Waals surface area (Å²) in [6.07, 6.45) is 0.578. The Balaban J connectivity index is 2.82. The number of benzene rings is 1. The number of nitrogens with zero attached hydrogens (tertiary/aromatic N) is 1. The van der Waals surface area contributed by atoms with Crippen molar-refractivity contribution in [3.63, 3.8) is 0 Å². The number of halogens is 3. The molecule has 7 heteroatoms. The van der Waals surface area contributed by atoms with E-state index in [-0.39, 0.29) is 17.6 Å². The zero-order valence-corrected chi connectivity index (χ0v) is 11.6. The average Bonchev–Trinajstić information content (AvgIpc) is 2.33. The van der Waals surface area contributed by atoms with E-state index in [4.69, 9.17) is 12.2 Å². The number of anilines is 1. The molecule has 1 unspecified atom stereocenters. The molecule has 0 amide bonds. The Labute approximate surface area is 121 Å². The number of rotatable bonds is 4. The number of hydrogen-bond donors (Lipinski definition) is 2. The standard InChI is InChI=1S/C14H16F3N3O/c1-4-12(9(2)3)20-13(18)19-10-6-5-7-11(8-10)21-14(15,16)17/h1,5-9,12H,2-3H3,(H3,18,19,20). The number of aliphatic imine (C=N–C) groups is 1. The zero-order valence-electron chi connectivity index (χ0n) is 11.6. The summed E-state index contributed by atoms with van der Waals surface area (Å²) in [5, 5.41) is 2.67. The fourth-order valence-electron chi connectivity index (χ4n) is 1.48. The van der Waals surface area contributed by atoms with Crippen LogP contribution in [0, 0.1) is 18.3 Å². The van der Waals surface area contributed by atoms with Gasteiger partial charge in [-0.05, 0) is 18.1 Å². The maximum Gasteiger partial charge on any atom is 0.573 e. The van der Waals surface area contributed by atoms with Crippen LogP contribution in [0.3, 0.4) is 0 Å². The third kappa shape index (κ3) is 6.08. The van der Waals surface area contributed by atoms with E-state index in [0.717, 1.165) is 6.07 Å². The molecular formula is C14H16F3N3O. The lowest BCUT2D eigenvalue weighted by Gasteiger charge is -2.13. The van der Waals surface area contributed by atoms with Crippen LogP contribution in [0.15, 0.2) is 29.3 Å². The van der Waals surface area contributed by atoms with Crippen molar-refractivity contribution < 1.29 is 17.9 Å². The van der Waals surface area contributed by atoms with Crippen molar-refractivity contribution >= 4 is 11.6 Å². The van der Waals surface area contributed by atoms with E-state index < -0.39 is 12.4 Å². The molecule has 0 spiro atoms. The first kappa shape index (κ1) is 16.7. The van der Waals surface area contributed by atoms with Crippen LogP contribution in [0.2, 0.25) is 0 Å². The zero-order chi connectivity index (χ0) is 16.0. The average molecular weight is 299 g/mol. The quantitative estimate of drug-likeness (QED) is 0.510. The van der Waals surface area contributed by atoms with Gasteiger partial charge in [-0.15, -0.1) is 19.6 Å². The van der Waals surface area contributed by atoms with Crippen LogP contribution in [0.1, 0.15) is 13.8 Å². The Morgan fingerprint density at radius 2 is 2.10 bits per heavy atom. The van der Waals surface area contributed by atoms with Crippen LogP contribution in [0.4, 0.5) is 18.9 Å². The van der Waals surface area contributed by atoms with E-state index in [1.165, 1.54) is 18.2 Å².